The lowest BCUT2D eigenvalue weighted by atomic mass is 9.99. The molecule has 2 aliphatic heterocycles. The summed E-state index contributed by atoms with van der Waals surface area (Å²) in [6, 6.07) is 12.7. The van der Waals surface area contributed by atoms with Crippen LogP contribution in [0.5, 0.6) is 5.88 Å². The second kappa shape index (κ2) is 8.91. The Morgan fingerprint density at radius 1 is 1.15 bits per heavy atom. The fourth-order valence-corrected chi connectivity index (χ4v) is 4.42. The third kappa shape index (κ3) is 4.38. The number of aromatic nitrogens is 1. The summed E-state index contributed by atoms with van der Waals surface area (Å²) in [7, 11) is 0. The van der Waals surface area contributed by atoms with E-state index in [1.807, 2.05) is 30.5 Å². The van der Waals surface area contributed by atoms with Crippen molar-refractivity contribution in [1.29, 1.82) is 0 Å². The molecule has 5 rings (SSSR count). The number of non-ortho nitro benzene ring substituents is 1. The Morgan fingerprint density at radius 2 is 1.94 bits per heavy atom. The first kappa shape index (κ1) is 21.0. The number of fused-ring (bicyclic) bond motifs is 1. The van der Waals surface area contributed by atoms with E-state index >= 15 is 0 Å². The van der Waals surface area contributed by atoms with E-state index in [0.29, 0.717) is 28.7 Å². The number of aromatic amines is 1. The highest BCUT2D eigenvalue weighted by molar-refractivity contribution is 6.23. The fourth-order valence-electron chi connectivity index (χ4n) is 4.42. The van der Waals surface area contributed by atoms with Gasteiger partial charge < -0.3 is 15.4 Å². The molecule has 0 spiro atoms. The lowest BCUT2D eigenvalue weighted by molar-refractivity contribution is -0.384. The highest BCUT2D eigenvalue weighted by Crippen LogP contribution is 2.33. The highest BCUT2D eigenvalue weighted by atomic mass is 16.6. The first-order chi connectivity index (χ1) is 16.1. The van der Waals surface area contributed by atoms with Gasteiger partial charge in [-0.25, -0.2) is 4.99 Å². The Kier molecular flexibility index (Phi) is 5.66. The van der Waals surface area contributed by atoms with Crippen molar-refractivity contribution in [2.24, 2.45) is 4.99 Å². The SMILES string of the molecule is O=[N+]([O-])c1ccc2c(C(=Nc3ccc(CN4CCCC4)cc3)C3=CCNC=C3)c(O)[nH]c2c1. The number of hydrogen-bond acceptors (Lipinski definition) is 6. The highest BCUT2D eigenvalue weighted by Gasteiger charge is 2.21. The average Bonchev–Trinajstić information content (AvgIpc) is 3.45. The van der Waals surface area contributed by atoms with Gasteiger partial charge in [-0.2, -0.15) is 0 Å². The molecule has 8 nitrogen and oxygen atoms in total. The van der Waals surface area contributed by atoms with Gasteiger partial charge in [0, 0.05) is 36.2 Å². The largest absolute Gasteiger partial charge is 0.494 e. The van der Waals surface area contributed by atoms with E-state index in [9.17, 15) is 15.2 Å². The number of aromatic hydroxyl groups is 1. The summed E-state index contributed by atoms with van der Waals surface area (Å²) in [5.41, 5.74) is 4.48. The Labute approximate surface area is 191 Å². The van der Waals surface area contributed by atoms with Crippen LogP contribution in [0.3, 0.4) is 0 Å². The van der Waals surface area contributed by atoms with Crippen molar-refractivity contribution in [3.05, 3.63) is 87.6 Å². The maximum absolute atomic E-state index is 11.2. The van der Waals surface area contributed by atoms with Gasteiger partial charge >= 0.3 is 0 Å². The van der Waals surface area contributed by atoms with Crippen LogP contribution >= 0.6 is 0 Å². The van der Waals surface area contributed by atoms with Crippen molar-refractivity contribution in [3.63, 3.8) is 0 Å². The van der Waals surface area contributed by atoms with Crippen molar-refractivity contribution < 1.29 is 10.0 Å². The molecular formula is C25H25N5O3. The number of hydrogen-bond donors (Lipinski definition) is 3. The van der Waals surface area contributed by atoms with Crippen LogP contribution in [0.4, 0.5) is 11.4 Å². The Balaban J connectivity index is 1.55. The van der Waals surface area contributed by atoms with E-state index in [1.54, 1.807) is 6.07 Å². The van der Waals surface area contributed by atoms with Crippen LogP contribution in [0.15, 0.2) is 71.4 Å². The predicted molar refractivity (Wildman–Crippen MR) is 129 cm³/mol. The molecule has 3 heterocycles. The summed E-state index contributed by atoms with van der Waals surface area (Å²) >= 11 is 0. The second-order valence-corrected chi connectivity index (χ2v) is 8.35. The molecule has 0 atom stereocenters. The Morgan fingerprint density at radius 3 is 2.64 bits per heavy atom. The van der Waals surface area contributed by atoms with Crippen LogP contribution in [-0.2, 0) is 6.54 Å². The summed E-state index contributed by atoms with van der Waals surface area (Å²) in [4.78, 5) is 21.0. The molecule has 1 saturated heterocycles. The van der Waals surface area contributed by atoms with Gasteiger partial charge in [-0.1, -0.05) is 18.2 Å². The number of H-pyrrole nitrogens is 1. The molecule has 33 heavy (non-hydrogen) atoms. The fraction of sp³-hybridized carbons (Fsp3) is 0.240. The quantitative estimate of drug-likeness (QED) is 0.295. The van der Waals surface area contributed by atoms with Crippen molar-refractivity contribution >= 4 is 28.0 Å². The van der Waals surface area contributed by atoms with Crippen molar-refractivity contribution in [3.8, 4) is 5.88 Å². The normalized spacial score (nSPS) is 16.7. The van der Waals surface area contributed by atoms with E-state index in [4.69, 9.17) is 4.99 Å². The van der Waals surface area contributed by atoms with Gasteiger partial charge in [-0.05, 0) is 62.0 Å². The summed E-state index contributed by atoms with van der Waals surface area (Å²) in [6.45, 7) is 3.89. The number of aliphatic imine (C=N–C) groups is 1. The van der Waals surface area contributed by atoms with Crippen molar-refractivity contribution in [2.75, 3.05) is 19.6 Å². The van der Waals surface area contributed by atoms with Gasteiger partial charge in [0.1, 0.15) is 0 Å². The lowest BCUT2D eigenvalue weighted by Gasteiger charge is -2.15. The van der Waals surface area contributed by atoms with Crippen molar-refractivity contribution in [1.82, 2.24) is 15.2 Å². The molecule has 168 valence electrons. The number of nitrogens with zero attached hydrogens (tertiary/aromatic N) is 3. The number of benzene rings is 2. The number of nitrogens with one attached hydrogen (secondary N) is 2. The van der Waals surface area contributed by atoms with Gasteiger partial charge in [-0.15, -0.1) is 0 Å². The third-order valence-corrected chi connectivity index (χ3v) is 6.09. The zero-order valence-corrected chi connectivity index (χ0v) is 18.1. The number of dihydropyridines is 1. The number of nitro groups is 1. The maximum Gasteiger partial charge on any atom is 0.271 e. The summed E-state index contributed by atoms with van der Waals surface area (Å²) in [5, 5.41) is 25.7. The molecule has 0 aliphatic carbocycles. The van der Waals surface area contributed by atoms with Gasteiger partial charge in [0.2, 0.25) is 0 Å². The molecule has 1 fully saturated rings. The summed E-state index contributed by atoms with van der Waals surface area (Å²) in [6.07, 6.45) is 8.29. The van der Waals surface area contributed by atoms with Crippen LogP contribution in [0.25, 0.3) is 10.9 Å². The molecule has 8 heteroatoms. The van der Waals surface area contributed by atoms with E-state index in [0.717, 1.165) is 30.9 Å². The standard InChI is InChI=1S/C25H25N5O3/c31-25-23(21-8-7-20(30(32)33)15-22(21)28-25)24(18-9-11-26-12-10-18)27-19-5-3-17(4-6-19)16-29-13-1-2-14-29/h3-11,15,26,28,31H,1-2,12-14,16H2. The van der Waals surface area contributed by atoms with Gasteiger partial charge in [0.05, 0.1) is 27.4 Å². The predicted octanol–water partition coefficient (Wildman–Crippen LogP) is 4.54. The van der Waals surface area contributed by atoms with Gasteiger partial charge in [-0.3, -0.25) is 15.0 Å². The number of nitro benzene ring substituents is 1. The number of allylic oxidation sites excluding steroid dienone is 2. The van der Waals surface area contributed by atoms with Crippen LogP contribution in [0.1, 0.15) is 24.0 Å². The van der Waals surface area contributed by atoms with Gasteiger partial charge in [0.15, 0.2) is 5.88 Å². The van der Waals surface area contributed by atoms with Crippen LogP contribution in [-0.4, -0.2) is 45.3 Å². The minimum absolute atomic E-state index is 0.0386. The minimum atomic E-state index is -0.451. The van der Waals surface area contributed by atoms with Crippen LogP contribution in [0.2, 0.25) is 0 Å². The van der Waals surface area contributed by atoms with Crippen LogP contribution < -0.4 is 5.32 Å². The van der Waals surface area contributed by atoms with Gasteiger partial charge in [0.25, 0.3) is 5.69 Å². The zero-order chi connectivity index (χ0) is 22.8. The lowest BCUT2D eigenvalue weighted by Crippen LogP contribution is -2.18. The average molecular weight is 444 g/mol. The molecule has 3 aromatic rings. The molecule has 0 amide bonds. The summed E-state index contributed by atoms with van der Waals surface area (Å²) < 4.78 is 0. The third-order valence-electron chi connectivity index (χ3n) is 6.09. The molecule has 2 aliphatic rings. The molecule has 1 aromatic heterocycles. The molecule has 3 N–H and O–H groups in total. The number of likely N-dealkylation sites (tertiary alicyclic amines) is 1. The van der Waals surface area contributed by atoms with E-state index < -0.39 is 4.92 Å². The zero-order valence-electron chi connectivity index (χ0n) is 18.1. The summed E-state index contributed by atoms with van der Waals surface area (Å²) in [5.74, 6) is -0.0669. The topological polar surface area (TPSA) is 107 Å². The Bertz CT molecular complexity index is 1280. The van der Waals surface area contributed by atoms with E-state index in [2.05, 4.69) is 27.3 Å². The molecular weight excluding hydrogens is 418 g/mol. The number of rotatable bonds is 6. The molecule has 2 aromatic carbocycles. The smallest absolute Gasteiger partial charge is 0.271 e. The first-order valence-corrected chi connectivity index (χ1v) is 11.1. The van der Waals surface area contributed by atoms with E-state index in [-0.39, 0.29) is 11.6 Å². The second-order valence-electron chi connectivity index (χ2n) is 8.35. The minimum Gasteiger partial charge on any atom is -0.494 e. The monoisotopic (exact) mass is 443 g/mol. The van der Waals surface area contributed by atoms with Crippen LogP contribution in [0, 0.1) is 10.1 Å². The first-order valence-electron chi connectivity index (χ1n) is 11.1. The maximum atomic E-state index is 11.2. The molecule has 0 saturated carbocycles. The molecule has 0 unspecified atom stereocenters. The molecule has 0 bridgehead atoms. The van der Waals surface area contributed by atoms with Crippen molar-refractivity contribution in [2.45, 2.75) is 19.4 Å². The molecule has 0 radical (unpaired) electrons. The Hall–Kier alpha value is -3.91. The van der Waals surface area contributed by atoms with E-state index in [1.165, 1.54) is 30.5 Å².